The normalized spacial score (nSPS) is 25.3. The van der Waals surface area contributed by atoms with E-state index >= 15 is 0 Å². The topological polar surface area (TPSA) is 92.8 Å². The van der Waals surface area contributed by atoms with Crippen LogP contribution in [0.1, 0.15) is 35.2 Å². The Morgan fingerprint density at radius 3 is 2.27 bits per heavy atom. The first kappa shape index (κ1) is 21.6. The van der Waals surface area contributed by atoms with E-state index < -0.39 is 18.5 Å². The summed E-state index contributed by atoms with van der Waals surface area (Å²) in [6.45, 7) is 1.40. The van der Waals surface area contributed by atoms with Crippen molar-refractivity contribution in [3.63, 3.8) is 0 Å². The lowest BCUT2D eigenvalue weighted by molar-refractivity contribution is -0.123. The number of aryl methyl sites for hydroxylation is 1. The molecular weight excluding hydrogens is 444 g/mol. The van der Waals surface area contributed by atoms with Crippen molar-refractivity contribution in [3.8, 4) is 0 Å². The Labute approximate surface area is 196 Å². The first-order valence-corrected chi connectivity index (χ1v) is 11.4. The van der Waals surface area contributed by atoms with Crippen molar-refractivity contribution < 1.29 is 23.9 Å². The second kappa shape index (κ2) is 8.30. The molecule has 2 aromatic carbocycles. The Morgan fingerprint density at radius 1 is 1.03 bits per heavy atom. The Kier molecular flexibility index (Phi) is 5.44. The van der Waals surface area contributed by atoms with Crippen LogP contribution in [0.4, 0.5) is 11.4 Å². The van der Waals surface area contributed by atoms with Gasteiger partial charge in [0, 0.05) is 10.7 Å². The third-order valence-corrected chi connectivity index (χ3v) is 7.49. The fourth-order valence-corrected chi connectivity index (χ4v) is 5.67. The molecule has 0 spiro atoms. The van der Waals surface area contributed by atoms with E-state index in [4.69, 9.17) is 16.3 Å². The summed E-state index contributed by atoms with van der Waals surface area (Å²) in [5.74, 6) is -1.16. The number of hydrogen-bond acceptors (Lipinski definition) is 5. The van der Waals surface area contributed by atoms with Crippen molar-refractivity contribution >= 4 is 46.7 Å². The van der Waals surface area contributed by atoms with Crippen LogP contribution < -0.4 is 10.2 Å². The number of ether oxygens (including phenoxy) is 1. The number of halogens is 1. The van der Waals surface area contributed by atoms with Gasteiger partial charge in [0.25, 0.3) is 5.91 Å². The van der Waals surface area contributed by atoms with Crippen molar-refractivity contribution in [3.05, 3.63) is 58.6 Å². The minimum absolute atomic E-state index is 0.125. The summed E-state index contributed by atoms with van der Waals surface area (Å²) in [6.07, 6.45) is 3.03. The molecule has 2 saturated carbocycles. The molecule has 0 radical (unpaired) electrons. The van der Waals surface area contributed by atoms with E-state index in [1.807, 2.05) is 6.92 Å². The summed E-state index contributed by atoms with van der Waals surface area (Å²) in [6, 6.07) is 11.3. The van der Waals surface area contributed by atoms with Crippen LogP contribution in [0.15, 0.2) is 42.5 Å². The third-order valence-electron chi connectivity index (χ3n) is 7.08. The van der Waals surface area contributed by atoms with E-state index in [9.17, 15) is 19.2 Å². The number of benzene rings is 2. The van der Waals surface area contributed by atoms with Gasteiger partial charge in [-0.1, -0.05) is 17.7 Å². The number of rotatable bonds is 5. The van der Waals surface area contributed by atoms with Crippen molar-refractivity contribution in [2.45, 2.75) is 26.2 Å². The zero-order chi connectivity index (χ0) is 23.3. The number of amides is 3. The molecule has 1 aliphatic heterocycles. The lowest BCUT2D eigenvalue weighted by Gasteiger charge is -2.19. The number of esters is 1. The van der Waals surface area contributed by atoms with Crippen molar-refractivity contribution in [1.29, 1.82) is 0 Å². The quantitative estimate of drug-likeness (QED) is 0.531. The van der Waals surface area contributed by atoms with Gasteiger partial charge in [0.2, 0.25) is 11.8 Å². The first-order chi connectivity index (χ1) is 15.8. The number of fused-ring (bicyclic) bond motifs is 5. The average molecular weight is 467 g/mol. The number of imide groups is 1. The second-order valence-electron chi connectivity index (χ2n) is 9.03. The monoisotopic (exact) mass is 466 g/mol. The average Bonchev–Trinajstić information content (AvgIpc) is 3.48. The highest BCUT2D eigenvalue weighted by atomic mass is 35.5. The Bertz CT molecular complexity index is 1130. The molecule has 170 valence electrons. The van der Waals surface area contributed by atoms with Crippen LogP contribution in [-0.2, 0) is 19.1 Å². The molecule has 2 aliphatic carbocycles. The van der Waals surface area contributed by atoms with Gasteiger partial charge in [0.1, 0.15) is 0 Å². The van der Waals surface area contributed by atoms with Gasteiger partial charge >= 0.3 is 5.97 Å². The maximum atomic E-state index is 12.9. The van der Waals surface area contributed by atoms with E-state index in [1.165, 1.54) is 17.0 Å². The van der Waals surface area contributed by atoms with E-state index in [0.29, 0.717) is 28.2 Å². The van der Waals surface area contributed by atoms with Gasteiger partial charge in [-0.15, -0.1) is 0 Å². The zero-order valence-electron chi connectivity index (χ0n) is 18.0. The highest BCUT2D eigenvalue weighted by Crippen LogP contribution is 2.56. The van der Waals surface area contributed by atoms with Gasteiger partial charge in [-0.2, -0.15) is 0 Å². The zero-order valence-corrected chi connectivity index (χ0v) is 18.8. The Morgan fingerprint density at radius 2 is 1.67 bits per heavy atom. The van der Waals surface area contributed by atoms with E-state index in [1.54, 1.807) is 30.3 Å². The van der Waals surface area contributed by atoms with Crippen LogP contribution in [-0.4, -0.2) is 30.3 Å². The number of nitrogens with zero attached hydrogens (tertiary/aromatic N) is 1. The molecule has 4 atom stereocenters. The van der Waals surface area contributed by atoms with Gasteiger partial charge < -0.3 is 10.1 Å². The van der Waals surface area contributed by atoms with Crippen molar-refractivity contribution in [2.24, 2.45) is 23.7 Å². The minimum Gasteiger partial charge on any atom is -0.452 e. The number of nitrogens with one attached hydrogen (secondary N) is 1. The molecule has 2 aromatic rings. The fraction of sp³-hybridized carbons (Fsp3) is 0.360. The molecule has 8 heteroatoms. The van der Waals surface area contributed by atoms with Crippen LogP contribution in [0.2, 0.25) is 5.02 Å². The molecule has 1 N–H and O–H groups in total. The van der Waals surface area contributed by atoms with Gasteiger partial charge in [-0.3, -0.25) is 19.3 Å². The summed E-state index contributed by atoms with van der Waals surface area (Å²) in [5, 5.41) is 3.15. The lowest BCUT2D eigenvalue weighted by Crippen LogP contribution is -2.32. The molecule has 3 fully saturated rings. The minimum atomic E-state index is -0.673. The molecule has 0 aromatic heterocycles. The number of hydrogen-bond donors (Lipinski definition) is 1. The molecule has 3 aliphatic rings. The number of carbonyl (C=O) groups excluding carboxylic acids is 4. The maximum absolute atomic E-state index is 12.9. The molecule has 2 bridgehead atoms. The van der Waals surface area contributed by atoms with Crippen LogP contribution >= 0.6 is 11.6 Å². The van der Waals surface area contributed by atoms with E-state index in [2.05, 4.69) is 5.32 Å². The molecule has 1 saturated heterocycles. The van der Waals surface area contributed by atoms with Gasteiger partial charge in [-0.05, 0) is 80.0 Å². The number of carbonyl (C=O) groups is 4. The van der Waals surface area contributed by atoms with Crippen LogP contribution in [0.5, 0.6) is 0 Å². The van der Waals surface area contributed by atoms with E-state index in [-0.39, 0.29) is 29.2 Å². The third kappa shape index (κ3) is 3.80. The number of anilines is 2. The Balaban J connectivity index is 1.19. The van der Waals surface area contributed by atoms with Gasteiger partial charge in [0.15, 0.2) is 6.61 Å². The molecule has 1 heterocycles. The van der Waals surface area contributed by atoms with Crippen molar-refractivity contribution in [1.82, 2.24) is 0 Å². The molecule has 33 heavy (non-hydrogen) atoms. The lowest BCUT2D eigenvalue weighted by atomic mass is 9.81. The highest BCUT2D eigenvalue weighted by molar-refractivity contribution is 6.31. The summed E-state index contributed by atoms with van der Waals surface area (Å²) in [4.78, 5) is 51.6. The standard InChI is InChI=1S/C25H23ClN2O5/c1-13-2-7-17(11-19(13)26)27-20(29)12-33-25(32)14-5-8-18(9-6-14)28-23(30)21-15-3-4-16(10-15)22(21)24(28)31/h2,5-9,11,15-16,21-22H,3-4,10,12H2,1H3,(H,27,29)/t15-,16-,21-,22+/m0/s1. The molecule has 5 rings (SSSR count). The van der Waals surface area contributed by atoms with Gasteiger partial charge in [0.05, 0.1) is 23.1 Å². The fourth-order valence-electron chi connectivity index (χ4n) is 5.49. The van der Waals surface area contributed by atoms with E-state index in [0.717, 1.165) is 24.8 Å². The Hall–Kier alpha value is -3.19. The molecule has 3 amide bonds. The van der Waals surface area contributed by atoms with Crippen LogP contribution in [0.3, 0.4) is 0 Å². The largest absolute Gasteiger partial charge is 0.452 e. The van der Waals surface area contributed by atoms with Crippen LogP contribution in [0.25, 0.3) is 0 Å². The molecule has 7 nitrogen and oxygen atoms in total. The molecule has 0 unspecified atom stereocenters. The highest BCUT2D eigenvalue weighted by Gasteiger charge is 2.61. The predicted octanol–water partition coefficient (Wildman–Crippen LogP) is 3.98. The molecular formula is C25H23ClN2O5. The first-order valence-electron chi connectivity index (χ1n) is 11.0. The summed E-state index contributed by atoms with van der Waals surface area (Å²) in [7, 11) is 0. The summed E-state index contributed by atoms with van der Waals surface area (Å²) < 4.78 is 5.09. The summed E-state index contributed by atoms with van der Waals surface area (Å²) in [5.41, 5.74) is 2.08. The predicted molar refractivity (Wildman–Crippen MR) is 122 cm³/mol. The summed E-state index contributed by atoms with van der Waals surface area (Å²) >= 11 is 6.05. The maximum Gasteiger partial charge on any atom is 0.338 e. The SMILES string of the molecule is Cc1ccc(NC(=O)COC(=O)c2ccc(N3C(=O)[C@@H]4[C@H]5CC[C@@H](C5)[C@@H]4C3=O)cc2)cc1Cl. The second-order valence-corrected chi connectivity index (χ2v) is 9.44. The van der Waals surface area contributed by atoms with Crippen molar-refractivity contribution in [2.75, 3.05) is 16.8 Å². The van der Waals surface area contributed by atoms with Crippen LogP contribution in [0, 0.1) is 30.6 Å². The smallest absolute Gasteiger partial charge is 0.338 e. The van der Waals surface area contributed by atoms with Gasteiger partial charge in [-0.25, -0.2) is 4.79 Å².